The van der Waals surface area contributed by atoms with Gasteiger partial charge < -0.3 is 42.7 Å². The number of hydrogen-bond donors (Lipinski definition) is 6. The molecule has 2 aromatic heterocycles. The molecule has 3 fully saturated rings. The summed E-state index contributed by atoms with van der Waals surface area (Å²) in [5.74, 6) is 0.456. The van der Waals surface area contributed by atoms with Crippen molar-refractivity contribution in [1.82, 2.24) is 35.6 Å². The van der Waals surface area contributed by atoms with Crippen molar-refractivity contribution >= 4 is 52.3 Å². The SMILES string of the molecule is CN[C@H](C(=O)N1CCCC1C(=O)NCc1ccc(-c2scnc2C)cc1N)C(C)(C)C.Nc1ccc(CCN2CCN(c3cc(-c4ccccc4O)nnc3N)CC2)cc1.O=CC1(F)CC1. The van der Waals surface area contributed by atoms with Gasteiger partial charge in [-0.3, -0.25) is 19.3 Å². The van der Waals surface area contributed by atoms with E-state index in [0.29, 0.717) is 61.4 Å². The van der Waals surface area contributed by atoms with E-state index in [0.717, 1.165) is 78.6 Å². The minimum absolute atomic E-state index is 0.0172. The first-order valence-electron chi connectivity index (χ1n) is 22.4. The molecule has 0 bridgehead atoms. The molecule has 3 aromatic carbocycles. The summed E-state index contributed by atoms with van der Waals surface area (Å²) in [6.45, 7) is 13.7. The van der Waals surface area contributed by atoms with Crippen molar-refractivity contribution in [3.63, 3.8) is 0 Å². The summed E-state index contributed by atoms with van der Waals surface area (Å²) in [6, 6.07) is 22.2. The Hall–Kier alpha value is -6.17. The number of thiazole rings is 1. The number of anilines is 4. The van der Waals surface area contributed by atoms with E-state index in [-0.39, 0.29) is 29.0 Å². The number of benzene rings is 3. The molecule has 1 saturated carbocycles. The van der Waals surface area contributed by atoms with Crippen LogP contribution in [0.4, 0.5) is 27.3 Å². The van der Waals surface area contributed by atoms with E-state index in [1.165, 1.54) is 5.56 Å². The van der Waals surface area contributed by atoms with Gasteiger partial charge in [0.1, 0.15) is 11.8 Å². The molecule has 8 rings (SSSR count). The number of para-hydroxylation sites is 1. The van der Waals surface area contributed by atoms with Crippen molar-refractivity contribution in [2.75, 3.05) is 68.4 Å². The lowest BCUT2D eigenvalue weighted by Crippen LogP contribution is -2.55. The zero-order chi connectivity index (χ0) is 47.6. The van der Waals surface area contributed by atoms with E-state index < -0.39 is 11.7 Å². The Kier molecular flexibility index (Phi) is 16.3. The zero-order valence-corrected chi connectivity index (χ0v) is 39.4. The number of nitrogens with two attached hydrogens (primary N) is 3. The van der Waals surface area contributed by atoms with Gasteiger partial charge in [-0.05, 0) is 105 Å². The number of nitrogen functional groups attached to an aromatic ring is 3. The normalized spacial score (nSPS) is 17.2. The maximum Gasteiger partial charge on any atom is 0.243 e. The lowest BCUT2D eigenvalue weighted by Gasteiger charge is -2.36. The number of rotatable bonds is 12. The molecular weight excluding hydrogens is 858 g/mol. The van der Waals surface area contributed by atoms with Crippen LogP contribution in [-0.4, -0.2) is 112 Å². The number of carbonyl (C=O) groups excluding carboxylic acids is 3. The van der Waals surface area contributed by atoms with Crippen LogP contribution in [0.15, 0.2) is 78.3 Å². The van der Waals surface area contributed by atoms with Gasteiger partial charge in [0.15, 0.2) is 17.8 Å². The van der Waals surface area contributed by atoms with Crippen LogP contribution in [0.25, 0.3) is 21.7 Å². The summed E-state index contributed by atoms with van der Waals surface area (Å²) >= 11 is 1.58. The molecule has 15 nitrogen and oxygen atoms in total. The van der Waals surface area contributed by atoms with Crippen LogP contribution in [0.1, 0.15) is 63.3 Å². The molecule has 0 spiro atoms. The monoisotopic (exact) mass is 921 g/mol. The Morgan fingerprint density at radius 2 is 1.70 bits per heavy atom. The van der Waals surface area contributed by atoms with E-state index in [2.05, 4.69) is 47.7 Å². The molecule has 4 heterocycles. The molecule has 1 aliphatic carbocycles. The molecule has 2 saturated heterocycles. The third-order valence-corrected chi connectivity index (χ3v) is 13.2. The zero-order valence-electron chi connectivity index (χ0n) is 38.6. The Bertz CT molecular complexity index is 2430. The average Bonchev–Trinajstić information content (AvgIpc) is 3.61. The van der Waals surface area contributed by atoms with Gasteiger partial charge in [-0.25, -0.2) is 9.37 Å². The van der Waals surface area contributed by atoms with Crippen molar-refractivity contribution in [3.8, 4) is 27.4 Å². The molecule has 17 heteroatoms. The number of likely N-dealkylation sites (N-methyl/N-ethyl adjacent to an activating group) is 1. The molecular formula is C49H64FN11O4S. The highest BCUT2D eigenvalue weighted by Crippen LogP contribution is 2.37. The Balaban J connectivity index is 0.000000193. The number of hydrogen-bond acceptors (Lipinski definition) is 14. The van der Waals surface area contributed by atoms with Gasteiger partial charge in [0.25, 0.3) is 0 Å². The summed E-state index contributed by atoms with van der Waals surface area (Å²) in [5.41, 5.74) is 26.1. The van der Waals surface area contributed by atoms with Gasteiger partial charge in [0, 0.05) is 62.8 Å². The Morgan fingerprint density at radius 1 is 0.985 bits per heavy atom. The van der Waals surface area contributed by atoms with E-state index in [1.54, 1.807) is 35.4 Å². The number of nitrogens with one attached hydrogen (secondary N) is 2. The van der Waals surface area contributed by atoms with Crippen molar-refractivity contribution in [3.05, 3.63) is 95.1 Å². The lowest BCUT2D eigenvalue weighted by molar-refractivity contribution is -0.142. The van der Waals surface area contributed by atoms with Crippen molar-refractivity contribution in [1.29, 1.82) is 0 Å². The largest absolute Gasteiger partial charge is 0.507 e. The molecule has 2 amide bonds. The van der Waals surface area contributed by atoms with Gasteiger partial charge in [-0.15, -0.1) is 21.5 Å². The molecule has 66 heavy (non-hydrogen) atoms. The Morgan fingerprint density at radius 3 is 2.29 bits per heavy atom. The Labute approximate surface area is 391 Å². The number of alkyl halides is 1. The number of aryl methyl sites for hydroxylation is 1. The second-order valence-electron chi connectivity index (χ2n) is 18.2. The smallest absolute Gasteiger partial charge is 0.243 e. The number of piperazine rings is 1. The minimum atomic E-state index is -1.39. The van der Waals surface area contributed by atoms with Crippen LogP contribution in [-0.2, 0) is 27.3 Å². The van der Waals surface area contributed by atoms with Crippen LogP contribution in [0.5, 0.6) is 5.75 Å². The molecule has 3 aliphatic rings. The number of phenolic OH excluding ortho intramolecular Hbond substituents is 1. The number of nitrogens with zero attached hydrogens (tertiary/aromatic N) is 6. The standard InChI is InChI=1S/C23H33N5O2S.C22H26N6O.C4H5FO/c1-14-19(31-13-27-14)15-8-9-16(17(24)11-15)12-26-21(29)18-7-6-10-28(18)22(30)20(25-5)23(2,3)4;23-17-7-5-16(6-8-17)9-10-27-11-13-28(14-12-27)20-15-19(25-26-22(20)24)18-3-1-2-4-21(18)29;5-4(3-6)1-2-4/h8-9,11,13,18,20,25H,6-7,10,12,24H2,1-5H3,(H,26,29);1-8,15,29H,9-14,23H2,(H2,24,26);3H,1-2H2/t18?,20-;;/m1../s1. The highest BCUT2D eigenvalue weighted by atomic mass is 32.1. The van der Waals surface area contributed by atoms with Crippen molar-refractivity contribution in [2.24, 2.45) is 5.41 Å². The highest BCUT2D eigenvalue weighted by molar-refractivity contribution is 7.13. The molecule has 9 N–H and O–H groups in total. The summed E-state index contributed by atoms with van der Waals surface area (Å²) in [6.07, 6.45) is 3.78. The summed E-state index contributed by atoms with van der Waals surface area (Å²) < 4.78 is 11.9. The maximum atomic E-state index is 13.1. The first kappa shape index (κ1) is 49.3. The topological polar surface area (TPSA) is 222 Å². The second-order valence-corrected chi connectivity index (χ2v) is 19.0. The summed E-state index contributed by atoms with van der Waals surface area (Å²) in [7, 11) is 1.79. The third-order valence-electron chi connectivity index (χ3n) is 12.2. The fourth-order valence-electron chi connectivity index (χ4n) is 8.06. The first-order valence-corrected chi connectivity index (χ1v) is 23.3. The predicted molar refractivity (Wildman–Crippen MR) is 261 cm³/mol. The molecule has 2 aliphatic heterocycles. The first-order chi connectivity index (χ1) is 31.5. The predicted octanol–water partition coefficient (Wildman–Crippen LogP) is 6.01. The molecule has 352 valence electrons. The number of phenols is 1. The van der Waals surface area contributed by atoms with Crippen LogP contribution in [0, 0.1) is 12.3 Å². The highest BCUT2D eigenvalue weighted by Gasteiger charge is 2.43. The quantitative estimate of drug-likeness (QED) is 0.0625. The van der Waals surface area contributed by atoms with E-state index >= 15 is 0 Å². The van der Waals surface area contributed by atoms with Gasteiger partial charge in [-0.1, -0.05) is 57.2 Å². The molecule has 0 radical (unpaired) electrons. The van der Waals surface area contributed by atoms with Crippen molar-refractivity contribution in [2.45, 2.75) is 84.1 Å². The lowest BCUT2D eigenvalue weighted by atomic mass is 9.86. The van der Waals surface area contributed by atoms with Gasteiger partial charge >= 0.3 is 0 Å². The fraction of sp³-hybridized carbons (Fsp3) is 0.429. The summed E-state index contributed by atoms with van der Waals surface area (Å²) in [4.78, 5) is 47.4. The summed E-state index contributed by atoms with van der Waals surface area (Å²) in [5, 5.41) is 24.5. The number of aromatic nitrogens is 3. The molecule has 5 aromatic rings. The van der Waals surface area contributed by atoms with E-state index in [4.69, 9.17) is 17.2 Å². The number of carbonyl (C=O) groups is 3. The van der Waals surface area contributed by atoms with Gasteiger partial charge in [0.2, 0.25) is 11.8 Å². The van der Waals surface area contributed by atoms with Gasteiger partial charge in [-0.2, -0.15) is 0 Å². The van der Waals surface area contributed by atoms with E-state index in [1.807, 2.05) is 81.7 Å². The van der Waals surface area contributed by atoms with Crippen LogP contribution >= 0.6 is 11.3 Å². The van der Waals surface area contributed by atoms with Crippen molar-refractivity contribution < 1.29 is 23.9 Å². The molecule has 2 atom stereocenters. The minimum Gasteiger partial charge on any atom is -0.507 e. The second kappa shape index (κ2) is 21.9. The number of amides is 2. The number of aldehydes is 1. The fourth-order valence-corrected chi connectivity index (χ4v) is 8.86. The number of likely N-dealkylation sites (tertiary alicyclic amines) is 1. The van der Waals surface area contributed by atoms with Crippen LogP contribution < -0.4 is 32.7 Å². The number of aromatic hydroxyl groups is 1. The number of halogens is 1. The third kappa shape index (κ3) is 12.8. The molecule has 1 unspecified atom stereocenters. The van der Waals surface area contributed by atoms with Crippen LogP contribution in [0.2, 0.25) is 0 Å². The average molecular weight is 922 g/mol. The van der Waals surface area contributed by atoms with Crippen LogP contribution in [0.3, 0.4) is 0 Å². The maximum absolute atomic E-state index is 13.1. The van der Waals surface area contributed by atoms with E-state index in [9.17, 15) is 23.9 Å². The van der Waals surface area contributed by atoms with Gasteiger partial charge in [0.05, 0.1) is 33.5 Å².